The van der Waals surface area contributed by atoms with Crippen molar-refractivity contribution >= 4 is 10.0 Å². The lowest BCUT2D eigenvalue weighted by Crippen LogP contribution is -2.21. The molecule has 0 aliphatic heterocycles. The molecule has 0 spiro atoms. The van der Waals surface area contributed by atoms with Gasteiger partial charge < -0.3 is 0 Å². The summed E-state index contributed by atoms with van der Waals surface area (Å²) in [6.45, 7) is 19.2. The summed E-state index contributed by atoms with van der Waals surface area (Å²) in [6, 6.07) is 0. The lowest BCUT2D eigenvalue weighted by Gasteiger charge is -2.43. The van der Waals surface area contributed by atoms with Crippen molar-refractivity contribution in [1.82, 2.24) is 0 Å². The van der Waals surface area contributed by atoms with Gasteiger partial charge in [0.25, 0.3) is 0 Å². The third kappa shape index (κ3) is 11.6. The van der Waals surface area contributed by atoms with Crippen LogP contribution >= 0.6 is 10.0 Å². The van der Waals surface area contributed by atoms with E-state index in [-0.39, 0.29) is 10.0 Å². The van der Waals surface area contributed by atoms with Crippen LogP contribution in [0.4, 0.5) is 0 Å². The Morgan fingerprint density at radius 3 is 0.762 bits per heavy atom. The molecule has 0 saturated heterocycles. The maximum absolute atomic E-state index is 2.40. The molecular formula is C20H44S. The van der Waals surface area contributed by atoms with E-state index in [1.54, 1.807) is 0 Å². The molecule has 0 radical (unpaired) electrons. The van der Waals surface area contributed by atoms with Gasteiger partial charge in [-0.1, -0.05) is 55.4 Å². The van der Waals surface area contributed by atoms with Crippen LogP contribution in [0.15, 0.2) is 0 Å². The largest absolute Gasteiger partial charge is 0.241 e. The maximum atomic E-state index is 2.40. The molecule has 130 valence electrons. The molecule has 1 heteroatoms. The fraction of sp³-hybridized carbons (Fsp3) is 1.00. The minimum Gasteiger partial charge on any atom is -0.241 e. The van der Waals surface area contributed by atoms with Gasteiger partial charge in [-0.15, -0.1) is 0 Å². The van der Waals surface area contributed by atoms with Gasteiger partial charge in [0.1, 0.15) is 0 Å². The van der Waals surface area contributed by atoms with Crippen molar-refractivity contribution in [2.24, 2.45) is 23.7 Å². The van der Waals surface area contributed by atoms with Gasteiger partial charge in [-0.25, -0.2) is 10.0 Å². The second-order valence-corrected chi connectivity index (χ2v) is 12.9. The topological polar surface area (TPSA) is 0 Å². The zero-order valence-corrected chi connectivity index (χ0v) is 17.2. The Labute approximate surface area is 138 Å². The number of hydrogen-bond donors (Lipinski definition) is 0. The second-order valence-electron chi connectivity index (χ2n) is 8.77. The van der Waals surface area contributed by atoms with Crippen molar-refractivity contribution in [2.75, 3.05) is 23.0 Å². The Hall–Kier alpha value is 0.350. The molecule has 0 aromatic rings. The molecule has 0 nitrogen and oxygen atoms in total. The van der Waals surface area contributed by atoms with Crippen molar-refractivity contribution in [3.63, 3.8) is 0 Å². The average molecular weight is 317 g/mol. The monoisotopic (exact) mass is 316 g/mol. The maximum Gasteiger partial charge on any atom is -0.0225 e. The normalized spacial score (nSPS) is 13.9. The highest BCUT2D eigenvalue weighted by atomic mass is 32.3. The van der Waals surface area contributed by atoms with Crippen LogP contribution in [0.1, 0.15) is 81.1 Å². The molecule has 0 aliphatic rings. The number of hydrogen-bond acceptors (Lipinski definition) is 0. The lowest BCUT2D eigenvalue weighted by molar-refractivity contribution is 0.599. The number of rotatable bonds is 12. The Morgan fingerprint density at radius 1 is 0.429 bits per heavy atom. The van der Waals surface area contributed by atoms with Crippen LogP contribution in [0.2, 0.25) is 0 Å². The van der Waals surface area contributed by atoms with E-state index in [1.165, 1.54) is 48.7 Å². The summed E-state index contributed by atoms with van der Waals surface area (Å²) in [5, 5.41) is 0. The summed E-state index contributed by atoms with van der Waals surface area (Å²) in [5.74, 6) is 9.63. The fourth-order valence-electron chi connectivity index (χ4n) is 2.56. The highest BCUT2D eigenvalue weighted by Gasteiger charge is 2.24. The first kappa shape index (κ1) is 21.4. The zero-order chi connectivity index (χ0) is 16.5. The van der Waals surface area contributed by atoms with Crippen molar-refractivity contribution in [2.45, 2.75) is 81.1 Å². The van der Waals surface area contributed by atoms with E-state index in [2.05, 4.69) is 55.4 Å². The quantitative estimate of drug-likeness (QED) is 0.364. The average Bonchev–Trinajstić information content (AvgIpc) is 2.36. The SMILES string of the molecule is CC(C)CCS(CCC(C)C)(CCC(C)C)CCC(C)C. The predicted octanol–water partition coefficient (Wildman–Crippen LogP) is 6.98. The molecule has 0 rings (SSSR count). The molecular weight excluding hydrogens is 272 g/mol. The van der Waals surface area contributed by atoms with Crippen LogP contribution in [0.25, 0.3) is 0 Å². The van der Waals surface area contributed by atoms with E-state index in [0.29, 0.717) is 0 Å². The van der Waals surface area contributed by atoms with Gasteiger partial charge in [-0.2, -0.15) is 0 Å². The van der Waals surface area contributed by atoms with Crippen LogP contribution in [0.3, 0.4) is 0 Å². The minimum atomic E-state index is -0.377. The molecule has 0 unspecified atom stereocenters. The summed E-state index contributed by atoms with van der Waals surface area (Å²) < 4.78 is 0. The summed E-state index contributed by atoms with van der Waals surface area (Å²) >= 11 is 0. The first-order chi connectivity index (χ1) is 9.67. The van der Waals surface area contributed by atoms with E-state index < -0.39 is 0 Å². The molecule has 0 aromatic heterocycles. The summed E-state index contributed by atoms with van der Waals surface area (Å²) in [7, 11) is -0.377. The lowest BCUT2D eigenvalue weighted by atomic mass is 10.1. The van der Waals surface area contributed by atoms with Crippen LogP contribution in [-0.2, 0) is 0 Å². The van der Waals surface area contributed by atoms with Gasteiger partial charge in [0, 0.05) is 0 Å². The molecule has 0 heterocycles. The van der Waals surface area contributed by atoms with Crippen molar-refractivity contribution in [3.05, 3.63) is 0 Å². The third-order valence-electron chi connectivity index (χ3n) is 4.51. The van der Waals surface area contributed by atoms with E-state index in [9.17, 15) is 0 Å². The molecule has 21 heavy (non-hydrogen) atoms. The molecule has 0 fully saturated rings. The molecule has 0 aromatic carbocycles. The second kappa shape index (κ2) is 11.0. The minimum absolute atomic E-state index is 0.377. The highest BCUT2D eigenvalue weighted by Crippen LogP contribution is 2.52. The molecule has 0 aliphatic carbocycles. The highest BCUT2D eigenvalue weighted by molar-refractivity contribution is 8.33. The Bertz CT molecular complexity index is 187. The van der Waals surface area contributed by atoms with Crippen LogP contribution < -0.4 is 0 Å². The van der Waals surface area contributed by atoms with E-state index in [4.69, 9.17) is 0 Å². The van der Waals surface area contributed by atoms with E-state index in [0.717, 1.165) is 23.7 Å². The Kier molecular flexibility index (Phi) is 11.2. The van der Waals surface area contributed by atoms with Gasteiger partial charge in [-0.05, 0) is 72.4 Å². The molecule has 0 amide bonds. The van der Waals surface area contributed by atoms with Crippen molar-refractivity contribution in [3.8, 4) is 0 Å². The molecule has 0 N–H and O–H groups in total. The Morgan fingerprint density at radius 2 is 0.619 bits per heavy atom. The van der Waals surface area contributed by atoms with Crippen molar-refractivity contribution in [1.29, 1.82) is 0 Å². The van der Waals surface area contributed by atoms with Gasteiger partial charge in [0.15, 0.2) is 0 Å². The van der Waals surface area contributed by atoms with Crippen LogP contribution in [-0.4, -0.2) is 23.0 Å². The summed E-state index contributed by atoms with van der Waals surface area (Å²) in [6.07, 6.45) is 5.79. The first-order valence-electron chi connectivity index (χ1n) is 9.41. The first-order valence-corrected chi connectivity index (χ1v) is 11.7. The Balaban J connectivity index is 4.85. The predicted molar refractivity (Wildman–Crippen MR) is 105 cm³/mol. The molecule has 0 atom stereocenters. The standard InChI is InChI=1S/C20H44S/c1-17(2)9-13-21(14-10-18(3)4,15-11-19(5)6)16-12-20(7)8/h17-20H,9-16H2,1-8H3. The summed E-state index contributed by atoms with van der Waals surface area (Å²) in [5.41, 5.74) is 0. The fourth-order valence-corrected chi connectivity index (χ4v) is 7.67. The van der Waals surface area contributed by atoms with Crippen LogP contribution in [0, 0.1) is 23.7 Å². The smallest absolute Gasteiger partial charge is 0.0225 e. The van der Waals surface area contributed by atoms with Gasteiger partial charge in [0.2, 0.25) is 0 Å². The summed E-state index contributed by atoms with van der Waals surface area (Å²) in [4.78, 5) is 0. The van der Waals surface area contributed by atoms with Gasteiger partial charge >= 0.3 is 0 Å². The van der Waals surface area contributed by atoms with E-state index in [1.807, 2.05) is 0 Å². The molecule has 0 bridgehead atoms. The van der Waals surface area contributed by atoms with Crippen LogP contribution in [0.5, 0.6) is 0 Å². The van der Waals surface area contributed by atoms with Gasteiger partial charge in [-0.3, -0.25) is 0 Å². The molecule has 0 saturated carbocycles. The van der Waals surface area contributed by atoms with E-state index >= 15 is 0 Å². The van der Waals surface area contributed by atoms with Gasteiger partial charge in [0.05, 0.1) is 0 Å². The zero-order valence-electron chi connectivity index (χ0n) is 16.4. The third-order valence-corrected chi connectivity index (χ3v) is 8.92. The van der Waals surface area contributed by atoms with Crippen molar-refractivity contribution < 1.29 is 0 Å².